The van der Waals surface area contributed by atoms with Crippen LogP contribution in [0.5, 0.6) is 0 Å². The van der Waals surface area contributed by atoms with Gasteiger partial charge in [-0.2, -0.15) is 0 Å². The van der Waals surface area contributed by atoms with Gasteiger partial charge in [-0.05, 0) is 31.0 Å². The van der Waals surface area contributed by atoms with Crippen molar-refractivity contribution in [2.24, 2.45) is 11.3 Å². The van der Waals surface area contributed by atoms with Crippen LogP contribution < -0.4 is 0 Å². The maximum Gasteiger partial charge on any atom is 0.354 e. The third-order valence-corrected chi connectivity index (χ3v) is 9.35. The Labute approximate surface area is 183 Å². The van der Waals surface area contributed by atoms with Crippen molar-refractivity contribution in [2.75, 3.05) is 0 Å². The molecule has 158 valence electrons. The van der Waals surface area contributed by atoms with Crippen LogP contribution in [0, 0.1) is 11.3 Å². The second-order valence-corrected chi connectivity index (χ2v) is 13.6. The molecule has 0 radical (unpaired) electrons. The molecule has 29 heavy (non-hydrogen) atoms. The molecule has 0 aromatic heterocycles. The fourth-order valence-electron chi connectivity index (χ4n) is 3.82. The van der Waals surface area contributed by atoms with E-state index in [2.05, 4.69) is 33.9 Å². The standard InChI is InChI=1S/C21H29NO4S2Si/c1-20(2,3)21(4,26-29(5)6)14-16(23)22-15(18(24)25)19(28-17(14)22)27-12-13-10-8-7-9-11-13/h7-11,14,17,29H,12H2,1-6H3,(H,24,25)/t14-,17-,21+/m1/s1. The molecule has 1 aromatic rings. The summed E-state index contributed by atoms with van der Waals surface area (Å²) in [5, 5.41) is 9.59. The van der Waals surface area contributed by atoms with E-state index < -0.39 is 20.6 Å². The van der Waals surface area contributed by atoms with E-state index in [9.17, 15) is 14.7 Å². The number of carbonyl (C=O) groups excluding carboxylic acids is 1. The van der Waals surface area contributed by atoms with Gasteiger partial charge in [0.05, 0.1) is 15.8 Å². The first-order valence-electron chi connectivity index (χ1n) is 9.79. The molecule has 8 heteroatoms. The number of thioether (sulfide) groups is 2. The molecule has 1 aromatic carbocycles. The van der Waals surface area contributed by atoms with Gasteiger partial charge < -0.3 is 9.53 Å². The molecule has 5 nitrogen and oxygen atoms in total. The summed E-state index contributed by atoms with van der Waals surface area (Å²) in [7, 11) is -1.42. The predicted octanol–water partition coefficient (Wildman–Crippen LogP) is 4.51. The molecule has 2 aliphatic rings. The molecule has 0 bridgehead atoms. The molecule has 0 aliphatic carbocycles. The Morgan fingerprint density at radius 1 is 1.24 bits per heavy atom. The molecule has 0 spiro atoms. The van der Waals surface area contributed by atoms with E-state index in [0.29, 0.717) is 9.99 Å². The summed E-state index contributed by atoms with van der Waals surface area (Å²) in [6, 6.07) is 9.95. The molecule has 0 saturated carbocycles. The Morgan fingerprint density at radius 3 is 2.38 bits per heavy atom. The maximum absolute atomic E-state index is 13.2. The number of carbonyl (C=O) groups is 2. The molecule has 2 aliphatic heterocycles. The quantitative estimate of drug-likeness (QED) is 0.486. The molecule has 1 amide bonds. The predicted molar refractivity (Wildman–Crippen MR) is 122 cm³/mol. The van der Waals surface area contributed by atoms with Crippen LogP contribution in [0.3, 0.4) is 0 Å². The molecule has 3 rings (SSSR count). The zero-order valence-corrected chi connectivity index (χ0v) is 20.5. The molecule has 1 fully saturated rings. The van der Waals surface area contributed by atoms with Crippen molar-refractivity contribution in [1.29, 1.82) is 0 Å². The van der Waals surface area contributed by atoms with E-state index in [1.807, 2.05) is 37.3 Å². The van der Waals surface area contributed by atoms with E-state index in [1.165, 1.54) is 28.4 Å². The van der Waals surface area contributed by atoms with Crippen LogP contribution in [-0.4, -0.2) is 41.9 Å². The number of amides is 1. The molecular weight excluding hydrogens is 422 g/mol. The number of nitrogens with zero attached hydrogens (tertiary/aromatic N) is 1. The molecule has 2 heterocycles. The average Bonchev–Trinajstić information content (AvgIpc) is 2.93. The van der Waals surface area contributed by atoms with E-state index in [1.54, 1.807) is 0 Å². The number of carboxylic acids is 1. The Hall–Kier alpha value is -1.22. The number of fused-ring (bicyclic) bond motifs is 1. The van der Waals surface area contributed by atoms with Crippen molar-refractivity contribution in [3.8, 4) is 0 Å². The van der Waals surface area contributed by atoms with Crippen LogP contribution in [0.15, 0.2) is 40.3 Å². The zero-order valence-electron chi connectivity index (χ0n) is 17.8. The van der Waals surface area contributed by atoms with Crippen LogP contribution >= 0.6 is 23.5 Å². The average molecular weight is 452 g/mol. The summed E-state index contributed by atoms with van der Waals surface area (Å²) in [6.07, 6.45) is 0. The van der Waals surface area contributed by atoms with Crippen molar-refractivity contribution in [2.45, 2.75) is 57.5 Å². The van der Waals surface area contributed by atoms with E-state index in [4.69, 9.17) is 4.43 Å². The normalized spacial score (nSPS) is 23.8. The second-order valence-electron chi connectivity index (χ2n) is 8.93. The number of β-lactam (4-membered cyclic amide) rings is 1. The lowest BCUT2D eigenvalue weighted by molar-refractivity contribution is -0.173. The lowest BCUT2D eigenvalue weighted by Crippen LogP contribution is -2.69. The van der Waals surface area contributed by atoms with Gasteiger partial charge in [0.1, 0.15) is 5.37 Å². The lowest BCUT2D eigenvalue weighted by Gasteiger charge is -2.56. The first kappa shape index (κ1) is 22.5. The van der Waals surface area contributed by atoms with Crippen molar-refractivity contribution in [3.05, 3.63) is 45.8 Å². The molecule has 0 unspecified atom stereocenters. The minimum Gasteiger partial charge on any atom is -0.477 e. The van der Waals surface area contributed by atoms with Crippen LogP contribution in [0.25, 0.3) is 0 Å². The molecule has 1 N–H and O–H groups in total. The largest absolute Gasteiger partial charge is 0.477 e. The van der Waals surface area contributed by atoms with Gasteiger partial charge in [-0.15, -0.1) is 11.8 Å². The van der Waals surface area contributed by atoms with Crippen molar-refractivity contribution in [1.82, 2.24) is 4.90 Å². The van der Waals surface area contributed by atoms with Crippen molar-refractivity contribution < 1.29 is 19.1 Å². The third kappa shape index (κ3) is 4.04. The number of benzene rings is 1. The molecular formula is C21H29NO4S2Si. The number of rotatable bonds is 7. The van der Waals surface area contributed by atoms with Gasteiger partial charge in [-0.25, -0.2) is 4.79 Å². The first-order chi connectivity index (χ1) is 13.5. The van der Waals surface area contributed by atoms with Gasteiger partial charge in [0.2, 0.25) is 5.91 Å². The number of hydrogen-bond acceptors (Lipinski definition) is 5. The summed E-state index contributed by atoms with van der Waals surface area (Å²) in [5.74, 6) is -0.862. The van der Waals surface area contributed by atoms with Crippen LogP contribution in [0.4, 0.5) is 0 Å². The Bertz CT molecular complexity index is 837. The zero-order chi connectivity index (χ0) is 21.6. The topological polar surface area (TPSA) is 66.8 Å². The third-order valence-electron chi connectivity index (χ3n) is 5.68. The number of aliphatic carboxylic acids is 1. The van der Waals surface area contributed by atoms with Crippen LogP contribution in [0.1, 0.15) is 33.3 Å². The number of carboxylic acid groups (broad SMARTS) is 1. The summed E-state index contributed by atoms with van der Waals surface area (Å²) in [4.78, 5) is 26.7. The summed E-state index contributed by atoms with van der Waals surface area (Å²) in [5.41, 5.74) is 0.365. The van der Waals surface area contributed by atoms with E-state index >= 15 is 0 Å². The van der Waals surface area contributed by atoms with Crippen molar-refractivity contribution in [3.63, 3.8) is 0 Å². The fraction of sp³-hybridized carbons (Fsp3) is 0.524. The second kappa shape index (κ2) is 8.13. The Balaban J connectivity index is 1.86. The lowest BCUT2D eigenvalue weighted by atomic mass is 9.66. The highest BCUT2D eigenvalue weighted by atomic mass is 32.2. The highest BCUT2D eigenvalue weighted by molar-refractivity contribution is 8.22. The van der Waals surface area contributed by atoms with Gasteiger partial charge in [-0.1, -0.05) is 62.9 Å². The van der Waals surface area contributed by atoms with Gasteiger partial charge in [-0.3, -0.25) is 9.69 Å². The Morgan fingerprint density at radius 2 is 1.86 bits per heavy atom. The van der Waals surface area contributed by atoms with E-state index in [0.717, 1.165) is 5.56 Å². The monoisotopic (exact) mass is 451 g/mol. The smallest absolute Gasteiger partial charge is 0.354 e. The fourth-order valence-corrected chi connectivity index (χ4v) is 8.20. The first-order valence-corrected chi connectivity index (χ1v) is 14.4. The van der Waals surface area contributed by atoms with Gasteiger partial charge in [0, 0.05) is 5.75 Å². The van der Waals surface area contributed by atoms with Gasteiger partial charge in [0.15, 0.2) is 14.7 Å². The SMILES string of the molecule is C[SiH](C)O[C@@](C)([C@@H]1C(=O)N2C(C(=O)O)=C(SCc3ccccc3)S[C@H]12)C(C)(C)C. The van der Waals surface area contributed by atoms with Gasteiger partial charge >= 0.3 is 5.97 Å². The van der Waals surface area contributed by atoms with Crippen LogP contribution in [0.2, 0.25) is 13.1 Å². The van der Waals surface area contributed by atoms with Crippen molar-refractivity contribution >= 4 is 44.4 Å². The molecule has 1 saturated heterocycles. The molecule has 3 atom stereocenters. The summed E-state index contributed by atoms with van der Waals surface area (Å²) >= 11 is 2.99. The Kier molecular flexibility index (Phi) is 6.30. The van der Waals surface area contributed by atoms with Crippen LogP contribution in [-0.2, 0) is 19.8 Å². The maximum atomic E-state index is 13.2. The van der Waals surface area contributed by atoms with Gasteiger partial charge in [0.25, 0.3) is 0 Å². The van der Waals surface area contributed by atoms with E-state index in [-0.39, 0.29) is 28.3 Å². The minimum absolute atomic E-state index is 0.125. The highest BCUT2D eigenvalue weighted by Crippen LogP contribution is 2.59. The minimum atomic E-state index is -1.42. The summed E-state index contributed by atoms with van der Waals surface area (Å²) in [6.45, 7) is 12.5. The highest BCUT2D eigenvalue weighted by Gasteiger charge is 2.65. The summed E-state index contributed by atoms with van der Waals surface area (Å²) < 4.78 is 7.16. The number of hydrogen-bond donors (Lipinski definition) is 1.